The minimum atomic E-state index is -3.54. The topological polar surface area (TPSA) is 82.1 Å². The molecule has 0 saturated heterocycles. The second-order valence-corrected chi connectivity index (χ2v) is 9.69. The molecule has 3 aromatic rings. The Morgan fingerprint density at radius 1 is 0.829 bits per heavy atom. The third-order valence-corrected chi connectivity index (χ3v) is 5.54. The fourth-order valence-electron chi connectivity index (χ4n) is 3.56. The monoisotopic (exact) mass is 497 g/mol. The van der Waals surface area contributed by atoms with Crippen LogP contribution >= 0.6 is 0 Å². The second kappa shape index (κ2) is 12.9. The summed E-state index contributed by atoms with van der Waals surface area (Å²) in [6.45, 7) is 4.03. The summed E-state index contributed by atoms with van der Waals surface area (Å²) < 4.78 is 38.4. The van der Waals surface area contributed by atoms with Crippen molar-refractivity contribution in [1.82, 2.24) is 4.90 Å². The van der Waals surface area contributed by atoms with Crippen molar-refractivity contribution in [2.24, 2.45) is 0 Å². The molecule has 0 unspecified atom stereocenters. The molecule has 0 heterocycles. The first-order valence-corrected chi connectivity index (χ1v) is 13.2. The molecular formula is C27H31NO6S. The van der Waals surface area contributed by atoms with Crippen LogP contribution in [0.15, 0.2) is 78.9 Å². The van der Waals surface area contributed by atoms with E-state index in [1.807, 2.05) is 71.6 Å². The molecule has 0 aliphatic carbocycles. The van der Waals surface area contributed by atoms with Crippen LogP contribution in [0.25, 0.3) is 0 Å². The maximum absolute atomic E-state index is 12.1. The lowest BCUT2D eigenvalue weighted by atomic mass is 10.1. The van der Waals surface area contributed by atoms with Gasteiger partial charge in [-0.3, -0.25) is 9.69 Å². The van der Waals surface area contributed by atoms with Crippen LogP contribution < -0.4 is 8.92 Å². The molecule has 0 aromatic heterocycles. The summed E-state index contributed by atoms with van der Waals surface area (Å²) in [7, 11) is -3.54. The minimum absolute atomic E-state index is 0.201. The van der Waals surface area contributed by atoms with E-state index in [1.165, 1.54) is 0 Å². The highest BCUT2D eigenvalue weighted by molar-refractivity contribution is 7.86. The number of esters is 1. The van der Waals surface area contributed by atoms with Crippen molar-refractivity contribution in [1.29, 1.82) is 0 Å². The van der Waals surface area contributed by atoms with E-state index in [2.05, 4.69) is 0 Å². The molecule has 0 radical (unpaired) electrons. The van der Waals surface area contributed by atoms with Gasteiger partial charge in [-0.2, -0.15) is 8.42 Å². The first-order chi connectivity index (χ1) is 16.8. The summed E-state index contributed by atoms with van der Waals surface area (Å²) in [5.41, 5.74) is 3.16. The fraction of sp³-hybridized carbons (Fsp3) is 0.296. The number of rotatable bonds is 13. The van der Waals surface area contributed by atoms with Crippen LogP contribution in [0.3, 0.4) is 0 Å². The van der Waals surface area contributed by atoms with Gasteiger partial charge in [0, 0.05) is 19.5 Å². The first kappa shape index (κ1) is 26.2. The van der Waals surface area contributed by atoms with Gasteiger partial charge in [0.25, 0.3) is 0 Å². The molecule has 7 nitrogen and oxygen atoms in total. The van der Waals surface area contributed by atoms with Gasteiger partial charge >= 0.3 is 16.1 Å². The molecular weight excluding hydrogens is 466 g/mol. The standard InChI is InChI=1S/C27H31NO6S/c1-3-32-27(29)21-28(19-23-8-5-4-6-9-23)20-24-10-7-11-26(18-24)33-17-16-22-12-14-25(15-13-22)34-35(2,30)31/h4-15,18H,3,16-17,19-21H2,1-2H3. The molecule has 0 aliphatic heterocycles. The molecule has 3 aromatic carbocycles. The van der Waals surface area contributed by atoms with Crippen molar-refractivity contribution in [2.75, 3.05) is 26.0 Å². The largest absolute Gasteiger partial charge is 0.493 e. The van der Waals surface area contributed by atoms with E-state index in [4.69, 9.17) is 13.7 Å². The van der Waals surface area contributed by atoms with Crippen molar-refractivity contribution in [2.45, 2.75) is 26.4 Å². The van der Waals surface area contributed by atoms with Crippen molar-refractivity contribution >= 4 is 16.1 Å². The Bertz CT molecular complexity index is 1180. The van der Waals surface area contributed by atoms with Crippen LogP contribution in [0.4, 0.5) is 0 Å². The molecule has 0 amide bonds. The summed E-state index contributed by atoms with van der Waals surface area (Å²) in [4.78, 5) is 14.2. The van der Waals surface area contributed by atoms with E-state index >= 15 is 0 Å². The molecule has 0 atom stereocenters. The van der Waals surface area contributed by atoms with Gasteiger partial charge < -0.3 is 13.7 Å². The van der Waals surface area contributed by atoms with E-state index in [-0.39, 0.29) is 18.3 Å². The summed E-state index contributed by atoms with van der Waals surface area (Å²) in [6.07, 6.45) is 1.67. The normalized spacial score (nSPS) is 11.3. The number of hydrogen-bond acceptors (Lipinski definition) is 7. The Morgan fingerprint density at radius 3 is 2.20 bits per heavy atom. The average molecular weight is 498 g/mol. The third kappa shape index (κ3) is 9.80. The van der Waals surface area contributed by atoms with Gasteiger partial charge in [-0.25, -0.2) is 0 Å². The maximum Gasteiger partial charge on any atom is 0.320 e. The molecule has 186 valence electrons. The molecule has 0 spiro atoms. The van der Waals surface area contributed by atoms with Crippen LogP contribution in [0.1, 0.15) is 23.6 Å². The van der Waals surface area contributed by atoms with E-state index < -0.39 is 10.1 Å². The predicted molar refractivity (Wildman–Crippen MR) is 135 cm³/mol. The lowest BCUT2D eigenvalue weighted by Gasteiger charge is -2.22. The second-order valence-electron chi connectivity index (χ2n) is 8.11. The van der Waals surface area contributed by atoms with E-state index in [0.29, 0.717) is 32.7 Å². The van der Waals surface area contributed by atoms with Crippen molar-refractivity contribution < 1.29 is 26.9 Å². The summed E-state index contributed by atoms with van der Waals surface area (Å²) in [6, 6.07) is 24.7. The Hall–Kier alpha value is -3.36. The number of nitrogens with zero attached hydrogens (tertiary/aromatic N) is 1. The van der Waals surface area contributed by atoms with Crippen LogP contribution in [0.2, 0.25) is 0 Å². The molecule has 35 heavy (non-hydrogen) atoms. The van der Waals surface area contributed by atoms with Crippen molar-refractivity contribution in [3.05, 3.63) is 95.6 Å². The first-order valence-electron chi connectivity index (χ1n) is 11.4. The van der Waals surface area contributed by atoms with Crippen LogP contribution in [-0.2, 0) is 39.2 Å². The summed E-state index contributed by atoms with van der Waals surface area (Å²) >= 11 is 0. The van der Waals surface area contributed by atoms with Gasteiger partial charge in [-0.05, 0) is 47.9 Å². The molecule has 8 heteroatoms. The molecule has 0 aliphatic rings. The number of benzene rings is 3. The van der Waals surface area contributed by atoms with E-state index in [9.17, 15) is 13.2 Å². The zero-order valence-corrected chi connectivity index (χ0v) is 20.9. The predicted octanol–water partition coefficient (Wildman–Crippen LogP) is 4.21. The highest BCUT2D eigenvalue weighted by Crippen LogP contribution is 2.18. The average Bonchev–Trinajstić information content (AvgIpc) is 2.80. The molecule has 0 fully saturated rings. The Kier molecular flexibility index (Phi) is 9.69. The van der Waals surface area contributed by atoms with E-state index in [0.717, 1.165) is 28.7 Å². The molecule has 3 rings (SSSR count). The number of hydrogen-bond donors (Lipinski definition) is 0. The fourth-order valence-corrected chi connectivity index (χ4v) is 4.02. The highest BCUT2D eigenvalue weighted by atomic mass is 32.2. The molecule has 0 saturated carbocycles. The van der Waals surface area contributed by atoms with Crippen LogP contribution in [0.5, 0.6) is 11.5 Å². The lowest BCUT2D eigenvalue weighted by molar-refractivity contribution is -0.144. The van der Waals surface area contributed by atoms with Gasteiger partial charge in [-0.15, -0.1) is 0 Å². The Morgan fingerprint density at radius 2 is 1.51 bits per heavy atom. The lowest BCUT2D eigenvalue weighted by Crippen LogP contribution is -2.30. The van der Waals surface area contributed by atoms with Gasteiger partial charge in [-0.1, -0.05) is 54.6 Å². The van der Waals surface area contributed by atoms with Gasteiger partial charge in [0.1, 0.15) is 11.5 Å². The zero-order valence-electron chi connectivity index (χ0n) is 20.1. The number of carbonyl (C=O) groups excluding carboxylic acids is 1. The maximum atomic E-state index is 12.1. The van der Waals surface area contributed by atoms with Crippen LogP contribution in [-0.4, -0.2) is 45.3 Å². The van der Waals surface area contributed by atoms with Gasteiger partial charge in [0.2, 0.25) is 0 Å². The van der Waals surface area contributed by atoms with E-state index in [1.54, 1.807) is 19.1 Å². The van der Waals surface area contributed by atoms with Crippen LogP contribution in [0, 0.1) is 0 Å². The molecule has 0 N–H and O–H groups in total. The van der Waals surface area contributed by atoms with Crippen molar-refractivity contribution in [3.63, 3.8) is 0 Å². The van der Waals surface area contributed by atoms with Crippen molar-refractivity contribution in [3.8, 4) is 11.5 Å². The van der Waals surface area contributed by atoms with Gasteiger partial charge in [0.05, 0.1) is 26.0 Å². The molecule has 0 bridgehead atoms. The minimum Gasteiger partial charge on any atom is -0.493 e. The summed E-state index contributed by atoms with van der Waals surface area (Å²) in [5.74, 6) is 0.784. The quantitative estimate of drug-likeness (QED) is 0.258. The smallest absolute Gasteiger partial charge is 0.320 e. The number of carbonyl (C=O) groups is 1. The SMILES string of the molecule is CCOC(=O)CN(Cc1ccccc1)Cc1cccc(OCCc2ccc(OS(C)(=O)=O)cc2)c1. The third-order valence-electron chi connectivity index (χ3n) is 5.04. The number of ether oxygens (including phenoxy) is 2. The highest BCUT2D eigenvalue weighted by Gasteiger charge is 2.13. The Balaban J connectivity index is 1.57. The zero-order chi connectivity index (χ0) is 25.1. The summed E-state index contributed by atoms with van der Waals surface area (Å²) in [5, 5.41) is 0. The van der Waals surface area contributed by atoms with Gasteiger partial charge in [0.15, 0.2) is 0 Å². The Labute approximate surface area is 207 Å².